The van der Waals surface area contributed by atoms with Crippen LogP contribution in [-0.4, -0.2) is 29.9 Å². The van der Waals surface area contributed by atoms with Crippen LogP contribution in [0.5, 0.6) is 0 Å². The van der Waals surface area contributed by atoms with Crippen LogP contribution in [0.25, 0.3) is 10.2 Å². The number of nitrogens with one attached hydrogen (secondary N) is 1. The molecule has 1 heterocycles. The van der Waals surface area contributed by atoms with E-state index in [9.17, 15) is 4.79 Å². The number of hydrogen-bond acceptors (Lipinski definition) is 5. The zero-order valence-electron chi connectivity index (χ0n) is 14.8. The maximum absolute atomic E-state index is 12.9. The summed E-state index contributed by atoms with van der Waals surface area (Å²) in [6, 6.07) is 11.5. The summed E-state index contributed by atoms with van der Waals surface area (Å²) in [5.41, 5.74) is 10.6. The molecule has 0 aliphatic rings. The SMILES string of the molecule is Cc1ccc(C(C(=O)Nc2cc(C)c3nc(N)sc3c2)N(C)C)cc1. The van der Waals surface area contributed by atoms with Crippen molar-refractivity contribution in [2.75, 3.05) is 25.1 Å². The lowest BCUT2D eigenvalue weighted by atomic mass is 10.0. The topological polar surface area (TPSA) is 71.2 Å². The lowest BCUT2D eigenvalue weighted by Gasteiger charge is -2.24. The molecule has 0 bridgehead atoms. The molecule has 1 aromatic heterocycles. The molecule has 3 aromatic rings. The molecule has 0 aliphatic heterocycles. The lowest BCUT2D eigenvalue weighted by molar-refractivity contribution is -0.120. The number of aryl methyl sites for hydroxylation is 2. The summed E-state index contributed by atoms with van der Waals surface area (Å²) in [6.45, 7) is 4.01. The van der Waals surface area contributed by atoms with Crippen LogP contribution < -0.4 is 11.1 Å². The fraction of sp³-hybridized carbons (Fsp3) is 0.263. The van der Waals surface area contributed by atoms with Crippen molar-refractivity contribution in [2.24, 2.45) is 0 Å². The fourth-order valence-corrected chi connectivity index (χ4v) is 3.78. The van der Waals surface area contributed by atoms with Gasteiger partial charge in [0.15, 0.2) is 5.13 Å². The molecule has 3 rings (SSSR count). The van der Waals surface area contributed by atoms with E-state index >= 15 is 0 Å². The number of anilines is 2. The number of likely N-dealkylation sites (N-methyl/N-ethyl adjacent to an activating group) is 1. The number of rotatable bonds is 4. The minimum atomic E-state index is -0.358. The maximum atomic E-state index is 12.9. The quantitative estimate of drug-likeness (QED) is 0.749. The molecular weight excluding hydrogens is 332 g/mol. The predicted molar refractivity (Wildman–Crippen MR) is 105 cm³/mol. The fourth-order valence-electron chi connectivity index (χ4n) is 2.93. The van der Waals surface area contributed by atoms with Crippen LogP contribution in [0.4, 0.5) is 10.8 Å². The molecule has 130 valence electrons. The first kappa shape index (κ1) is 17.4. The monoisotopic (exact) mass is 354 g/mol. The molecular formula is C19H22N4OS. The average Bonchev–Trinajstić information content (AvgIpc) is 2.90. The van der Waals surface area contributed by atoms with Gasteiger partial charge >= 0.3 is 0 Å². The Morgan fingerprint density at radius 3 is 2.52 bits per heavy atom. The molecule has 25 heavy (non-hydrogen) atoms. The molecule has 0 saturated heterocycles. The largest absolute Gasteiger partial charge is 0.375 e. The van der Waals surface area contributed by atoms with Gasteiger partial charge in [-0.3, -0.25) is 9.69 Å². The van der Waals surface area contributed by atoms with Crippen molar-refractivity contribution < 1.29 is 4.79 Å². The van der Waals surface area contributed by atoms with Crippen molar-refractivity contribution in [3.8, 4) is 0 Å². The van der Waals surface area contributed by atoms with Crippen molar-refractivity contribution in [3.05, 3.63) is 53.1 Å². The second-order valence-corrected chi connectivity index (χ2v) is 7.52. The minimum absolute atomic E-state index is 0.0647. The van der Waals surface area contributed by atoms with Gasteiger partial charge in [-0.05, 0) is 51.2 Å². The van der Waals surface area contributed by atoms with Crippen LogP contribution in [-0.2, 0) is 4.79 Å². The van der Waals surface area contributed by atoms with Gasteiger partial charge in [-0.2, -0.15) is 0 Å². The van der Waals surface area contributed by atoms with Gasteiger partial charge in [0.25, 0.3) is 0 Å². The normalized spacial score (nSPS) is 12.5. The Kier molecular flexibility index (Phi) is 4.74. The molecule has 2 aromatic carbocycles. The first-order valence-electron chi connectivity index (χ1n) is 8.05. The number of nitrogens with two attached hydrogens (primary N) is 1. The smallest absolute Gasteiger partial charge is 0.246 e. The Morgan fingerprint density at radius 1 is 1.20 bits per heavy atom. The van der Waals surface area contributed by atoms with Crippen LogP contribution in [0.3, 0.4) is 0 Å². The van der Waals surface area contributed by atoms with Gasteiger partial charge in [0, 0.05) is 5.69 Å². The summed E-state index contributed by atoms with van der Waals surface area (Å²) < 4.78 is 0.976. The van der Waals surface area contributed by atoms with E-state index in [0.717, 1.165) is 27.0 Å². The highest BCUT2D eigenvalue weighted by Crippen LogP contribution is 2.30. The van der Waals surface area contributed by atoms with Crippen molar-refractivity contribution in [1.29, 1.82) is 0 Å². The molecule has 1 unspecified atom stereocenters. The van der Waals surface area contributed by atoms with Gasteiger partial charge in [0.2, 0.25) is 5.91 Å². The molecule has 0 saturated carbocycles. The van der Waals surface area contributed by atoms with E-state index in [0.29, 0.717) is 5.13 Å². The summed E-state index contributed by atoms with van der Waals surface area (Å²) >= 11 is 1.43. The molecule has 1 amide bonds. The Morgan fingerprint density at radius 2 is 1.88 bits per heavy atom. The highest BCUT2D eigenvalue weighted by atomic mass is 32.1. The third-order valence-electron chi connectivity index (χ3n) is 4.13. The predicted octanol–water partition coefficient (Wildman–Crippen LogP) is 3.74. The van der Waals surface area contributed by atoms with Crippen LogP contribution >= 0.6 is 11.3 Å². The summed E-state index contributed by atoms with van der Waals surface area (Å²) in [5, 5.41) is 3.57. The highest BCUT2D eigenvalue weighted by Gasteiger charge is 2.23. The molecule has 0 aliphatic carbocycles. The molecule has 1 atom stereocenters. The van der Waals surface area contributed by atoms with E-state index in [4.69, 9.17) is 5.73 Å². The third-order valence-corrected chi connectivity index (χ3v) is 4.96. The van der Waals surface area contributed by atoms with E-state index in [-0.39, 0.29) is 11.9 Å². The van der Waals surface area contributed by atoms with Crippen molar-refractivity contribution >= 4 is 38.3 Å². The summed E-state index contributed by atoms with van der Waals surface area (Å²) in [4.78, 5) is 19.1. The van der Waals surface area contributed by atoms with E-state index in [1.165, 1.54) is 16.9 Å². The number of aromatic nitrogens is 1. The Balaban J connectivity index is 1.90. The van der Waals surface area contributed by atoms with E-state index < -0.39 is 0 Å². The van der Waals surface area contributed by atoms with Crippen LogP contribution in [0, 0.1) is 13.8 Å². The van der Waals surface area contributed by atoms with Crippen molar-refractivity contribution in [1.82, 2.24) is 9.88 Å². The number of nitrogens with zero attached hydrogens (tertiary/aromatic N) is 2. The molecule has 0 radical (unpaired) electrons. The lowest BCUT2D eigenvalue weighted by Crippen LogP contribution is -2.32. The van der Waals surface area contributed by atoms with Gasteiger partial charge in [-0.15, -0.1) is 0 Å². The van der Waals surface area contributed by atoms with Gasteiger partial charge in [-0.25, -0.2) is 4.98 Å². The number of fused-ring (bicyclic) bond motifs is 1. The highest BCUT2D eigenvalue weighted by molar-refractivity contribution is 7.22. The van der Waals surface area contributed by atoms with Crippen LogP contribution in [0.2, 0.25) is 0 Å². The Hall–Kier alpha value is -2.44. The van der Waals surface area contributed by atoms with E-state index in [1.807, 2.05) is 69.2 Å². The number of thiazole rings is 1. The number of hydrogen-bond donors (Lipinski definition) is 2. The third kappa shape index (κ3) is 3.65. The van der Waals surface area contributed by atoms with E-state index in [2.05, 4.69) is 10.3 Å². The second kappa shape index (κ2) is 6.82. The van der Waals surface area contributed by atoms with Crippen LogP contribution in [0.1, 0.15) is 22.7 Å². The number of benzene rings is 2. The van der Waals surface area contributed by atoms with Crippen molar-refractivity contribution in [2.45, 2.75) is 19.9 Å². The van der Waals surface area contributed by atoms with Gasteiger partial charge in [0.05, 0.1) is 10.2 Å². The number of carbonyl (C=O) groups is 1. The zero-order valence-corrected chi connectivity index (χ0v) is 15.6. The minimum Gasteiger partial charge on any atom is -0.375 e. The van der Waals surface area contributed by atoms with Gasteiger partial charge in [-0.1, -0.05) is 41.2 Å². The average molecular weight is 354 g/mol. The Bertz CT molecular complexity index is 915. The zero-order chi connectivity index (χ0) is 18.1. The maximum Gasteiger partial charge on any atom is 0.246 e. The Labute approximate surface area is 151 Å². The molecule has 6 heteroatoms. The number of amides is 1. The van der Waals surface area contributed by atoms with Crippen molar-refractivity contribution in [3.63, 3.8) is 0 Å². The van der Waals surface area contributed by atoms with Crippen LogP contribution in [0.15, 0.2) is 36.4 Å². The van der Waals surface area contributed by atoms with E-state index in [1.54, 1.807) is 0 Å². The summed E-state index contributed by atoms with van der Waals surface area (Å²) in [5.74, 6) is -0.0647. The summed E-state index contributed by atoms with van der Waals surface area (Å²) in [7, 11) is 3.81. The molecule has 5 nitrogen and oxygen atoms in total. The first-order valence-corrected chi connectivity index (χ1v) is 8.87. The van der Waals surface area contributed by atoms with Gasteiger partial charge < -0.3 is 11.1 Å². The number of carbonyl (C=O) groups excluding carboxylic acids is 1. The number of nitrogen functional groups attached to an aromatic ring is 1. The molecule has 0 fully saturated rings. The molecule has 0 spiro atoms. The second-order valence-electron chi connectivity index (χ2n) is 6.46. The summed E-state index contributed by atoms with van der Waals surface area (Å²) in [6.07, 6.45) is 0. The first-order chi connectivity index (χ1) is 11.8. The van der Waals surface area contributed by atoms with Gasteiger partial charge in [0.1, 0.15) is 6.04 Å². The molecule has 3 N–H and O–H groups in total. The standard InChI is InChI=1S/C19H22N4OS/c1-11-5-7-13(8-6-11)17(23(3)4)18(24)21-14-9-12(2)16-15(10-14)25-19(20)22-16/h5-10,17H,1-4H3,(H2,20,22)(H,21,24).